The van der Waals surface area contributed by atoms with Gasteiger partial charge in [0.05, 0.1) is 12.3 Å². The first-order valence-electron chi connectivity index (χ1n) is 7.34. The highest BCUT2D eigenvalue weighted by atomic mass is 19.4. The molecule has 2 fully saturated rings. The Kier molecular flexibility index (Phi) is 4.78. The summed E-state index contributed by atoms with van der Waals surface area (Å²) in [6.07, 6.45) is -2.22. The number of rotatable bonds is 6. The molecule has 0 saturated heterocycles. The van der Waals surface area contributed by atoms with Crippen molar-refractivity contribution in [2.75, 3.05) is 13.1 Å². The molecule has 0 aromatic rings. The van der Waals surface area contributed by atoms with Gasteiger partial charge in [-0.2, -0.15) is 13.2 Å². The fraction of sp³-hybridized carbons (Fsp3) is 0.857. The Hall–Kier alpha value is -1.27. The van der Waals surface area contributed by atoms with E-state index in [9.17, 15) is 22.8 Å². The van der Waals surface area contributed by atoms with Gasteiger partial charge in [-0.3, -0.25) is 9.59 Å². The van der Waals surface area contributed by atoms with Gasteiger partial charge in [-0.25, -0.2) is 0 Å². The van der Waals surface area contributed by atoms with Gasteiger partial charge in [-0.1, -0.05) is 0 Å². The van der Waals surface area contributed by atoms with E-state index in [0.29, 0.717) is 25.3 Å². The van der Waals surface area contributed by atoms with Crippen LogP contribution >= 0.6 is 0 Å². The van der Waals surface area contributed by atoms with Gasteiger partial charge >= 0.3 is 12.1 Å². The Labute approximate surface area is 121 Å². The van der Waals surface area contributed by atoms with Crippen LogP contribution in [0.5, 0.6) is 0 Å². The number of nitrogens with zero attached hydrogens (tertiary/aromatic N) is 1. The van der Waals surface area contributed by atoms with E-state index >= 15 is 0 Å². The quantitative estimate of drug-likeness (QED) is 0.821. The molecule has 1 amide bonds. The summed E-state index contributed by atoms with van der Waals surface area (Å²) in [5.74, 6) is -1.87. The largest absolute Gasteiger partial charge is 0.481 e. The highest BCUT2D eigenvalue weighted by Gasteiger charge is 2.38. The van der Waals surface area contributed by atoms with Crippen LogP contribution in [0.3, 0.4) is 0 Å². The molecule has 0 unspecified atom stereocenters. The van der Waals surface area contributed by atoms with Crippen LogP contribution in [0.25, 0.3) is 0 Å². The summed E-state index contributed by atoms with van der Waals surface area (Å²) in [5, 5.41) is 8.94. The first-order chi connectivity index (χ1) is 9.76. The molecule has 0 aromatic heterocycles. The maximum atomic E-state index is 12.4. The number of hydrogen-bond acceptors (Lipinski definition) is 2. The van der Waals surface area contributed by atoms with Gasteiger partial charge < -0.3 is 10.0 Å². The van der Waals surface area contributed by atoms with Crippen molar-refractivity contribution in [3.8, 4) is 0 Å². The van der Waals surface area contributed by atoms with Crippen molar-refractivity contribution >= 4 is 11.9 Å². The fourth-order valence-corrected chi connectivity index (χ4v) is 2.85. The van der Waals surface area contributed by atoms with E-state index in [1.54, 1.807) is 0 Å². The topological polar surface area (TPSA) is 57.6 Å². The van der Waals surface area contributed by atoms with E-state index < -0.39 is 30.4 Å². The van der Waals surface area contributed by atoms with Crippen LogP contribution < -0.4 is 0 Å². The van der Waals surface area contributed by atoms with Crippen molar-refractivity contribution in [2.24, 2.45) is 17.8 Å². The second kappa shape index (κ2) is 6.23. The Morgan fingerprint density at radius 3 is 2.19 bits per heavy atom. The van der Waals surface area contributed by atoms with Crippen molar-refractivity contribution in [3.05, 3.63) is 0 Å². The van der Waals surface area contributed by atoms with E-state index in [0.717, 1.165) is 12.8 Å². The molecule has 2 aliphatic rings. The van der Waals surface area contributed by atoms with Gasteiger partial charge in [0.25, 0.3) is 0 Å². The standard InChI is InChI=1S/C14H20F3NO3/c15-14(16,17)5-6-18(8-9-1-2-9)12(19)10-3-4-11(7-10)13(20)21/h9-11H,1-8H2,(H,20,21)/t10-,11+/m0/s1. The Balaban J connectivity index is 1.92. The summed E-state index contributed by atoms with van der Waals surface area (Å²) in [7, 11) is 0. The maximum Gasteiger partial charge on any atom is 0.390 e. The van der Waals surface area contributed by atoms with Crippen molar-refractivity contribution in [1.82, 2.24) is 4.90 Å². The molecule has 0 bridgehead atoms. The lowest BCUT2D eigenvalue weighted by atomic mass is 10.0. The van der Waals surface area contributed by atoms with Crippen LogP contribution in [0.4, 0.5) is 13.2 Å². The predicted octanol–water partition coefficient (Wildman–Crippen LogP) is 2.68. The SMILES string of the molecule is O=C(O)[C@@H]1CC[C@H](C(=O)N(CCC(F)(F)F)CC2CC2)C1. The van der Waals surface area contributed by atoms with E-state index in [1.807, 2.05) is 0 Å². The van der Waals surface area contributed by atoms with E-state index in [1.165, 1.54) is 4.90 Å². The molecule has 4 nitrogen and oxygen atoms in total. The summed E-state index contributed by atoms with van der Waals surface area (Å²) in [6, 6.07) is 0. The van der Waals surface area contributed by atoms with E-state index in [2.05, 4.69) is 0 Å². The number of carboxylic acids is 1. The minimum Gasteiger partial charge on any atom is -0.481 e. The van der Waals surface area contributed by atoms with Crippen molar-refractivity contribution in [1.29, 1.82) is 0 Å². The van der Waals surface area contributed by atoms with Crippen LogP contribution in [0, 0.1) is 17.8 Å². The number of amides is 1. The van der Waals surface area contributed by atoms with Crippen molar-refractivity contribution < 1.29 is 27.9 Å². The van der Waals surface area contributed by atoms with Gasteiger partial charge in [0.2, 0.25) is 5.91 Å². The van der Waals surface area contributed by atoms with Gasteiger partial charge in [0.15, 0.2) is 0 Å². The molecule has 2 atom stereocenters. The average Bonchev–Trinajstić information content (AvgIpc) is 3.04. The molecule has 2 rings (SSSR count). The van der Waals surface area contributed by atoms with Crippen molar-refractivity contribution in [3.63, 3.8) is 0 Å². The van der Waals surface area contributed by atoms with Crippen LogP contribution in [-0.2, 0) is 9.59 Å². The van der Waals surface area contributed by atoms with Gasteiger partial charge in [0, 0.05) is 19.0 Å². The number of aliphatic carboxylic acids is 1. The lowest BCUT2D eigenvalue weighted by molar-refractivity contribution is -0.147. The summed E-state index contributed by atoms with van der Waals surface area (Å²) >= 11 is 0. The van der Waals surface area contributed by atoms with E-state index in [4.69, 9.17) is 5.11 Å². The molecule has 21 heavy (non-hydrogen) atoms. The lowest BCUT2D eigenvalue weighted by Crippen LogP contribution is -2.39. The predicted molar refractivity (Wildman–Crippen MR) is 68.4 cm³/mol. The van der Waals surface area contributed by atoms with Gasteiger partial charge in [-0.15, -0.1) is 0 Å². The van der Waals surface area contributed by atoms with Gasteiger partial charge in [-0.05, 0) is 38.0 Å². The Morgan fingerprint density at radius 2 is 1.71 bits per heavy atom. The molecular weight excluding hydrogens is 287 g/mol. The number of halogens is 3. The number of carboxylic acid groups (broad SMARTS) is 1. The highest BCUT2D eigenvalue weighted by molar-refractivity contribution is 5.81. The lowest BCUT2D eigenvalue weighted by Gasteiger charge is -2.26. The summed E-state index contributed by atoms with van der Waals surface area (Å²) in [6.45, 7) is 0.0657. The van der Waals surface area contributed by atoms with Crippen molar-refractivity contribution in [2.45, 2.75) is 44.7 Å². The third-order valence-corrected chi connectivity index (χ3v) is 4.28. The van der Waals surface area contributed by atoms with Crippen LogP contribution in [0.1, 0.15) is 38.5 Å². The molecule has 2 aliphatic carbocycles. The molecular formula is C14H20F3NO3. The number of carbonyl (C=O) groups is 2. The molecule has 1 N–H and O–H groups in total. The monoisotopic (exact) mass is 307 g/mol. The third kappa shape index (κ3) is 4.89. The molecule has 120 valence electrons. The maximum absolute atomic E-state index is 12.4. The number of carbonyl (C=O) groups excluding carboxylic acids is 1. The fourth-order valence-electron chi connectivity index (χ4n) is 2.85. The molecule has 0 spiro atoms. The third-order valence-electron chi connectivity index (χ3n) is 4.28. The van der Waals surface area contributed by atoms with Crippen LogP contribution in [0.15, 0.2) is 0 Å². The number of alkyl halides is 3. The zero-order valence-electron chi connectivity index (χ0n) is 11.7. The number of hydrogen-bond donors (Lipinski definition) is 1. The molecule has 2 saturated carbocycles. The molecule has 0 heterocycles. The summed E-state index contributed by atoms with van der Waals surface area (Å²) in [4.78, 5) is 24.6. The minimum atomic E-state index is -4.28. The second-order valence-corrected chi connectivity index (χ2v) is 6.14. The van der Waals surface area contributed by atoms with E-state index in [-0.39, 0.29) is 18.9 Å². The van der Waals surface area contributed by atoms with Gasteiger partial charge in [0.1, 0.15) is 0 Å². The second-order valence-electron chi connectivity index (χ2n) is 6.14. The summed E-state index contributed by atoms with van der Waals surface area (Å²) in [5.41, 5.74) is 0. The summed E-state index contributed by atoms with van der Waals surface area (Å²) < 4.78 is 37.1. The molecule has 0 radical (unpaired) electrons. The molecule has 0 aromatic carbocycles. The highest BCUT2D eigenvalue weighted by Crippen LogP contribution is 2.35. The van der Waals surface area contributed by atoms with Crippen LogP contribution in [-0.4, -0.2) is 41.1 Å². The average molecular weight is 307 g/mol. The minimum absolute atomic E-state index is 0.251. The first kappa shape index (κ1) is 16.1. The molecule has 7 heteroatoms. The normalized spacial score (nSPS) is 25.9. The Bertz CT molecular complexity index is 407. The molecule has 0 aliphatic heterocycles. The van der Waals surface area contributed by atoms with Crippen LogP contribution in [0.2, 0.25) is 0 Å². The first-order valence-corrected chi connectivity index (χ1v) is 7.34. The smallest absolute Gasteiger partial charge is 0.390 e. The zero-order valence-corrected chi connectivity index (χ0v) is 11.7. The zero-order chi connectivity index (χ0) is 15.6. The Morgan fingerprint density at radius 1 is 1.10 bits per heavy atom.